The molecule has 25 heavy (non-hydrogen) atoms. The molecule has 0 fully saturated rings. The highest BCUT2D eigenvalue weighted by molar-refractivity contribution is 8.00. The Morgan fingerprint density at radius 2 is 2.04 bits per heavy atom. The van der Waals surface area contributed by atoms with E-state index in [1.165, 1.54) is 0 Å². The molecule has 0 saturated carbocycles. The van der Waals surface area contributed by atoms with E-state index in [-0.39, 0.29) is 0 Å². The molecular formula is C18H18N4OS2. The van der Waals surface area contributed by atoms with E-state index in [1.54, 1.807) is 23.1 Å². The molecular weight excluding hydrogens is 352 g/mol. The van der Waals surface area contributed by atoms with Crippen molar-refractivity contribution in [3.63, 3.8) is 0 Å². The maximum absolute atomic E-state index is 5.56. The topological polar surface area (TPSA) is 52.3 Å². The molecule has 4 rings (SSSR count). The third-order valence-corrected chi connectivity index (χ3v) is 6.00. The molecule has 0 atom stereocenters. The fraction of sp³-hybridized carbons (Fsp3) is 0.278. The van der Waals surface area contributed by atoms with Crippen LogP contribution in [-0.4, -0.2) is 26.0 Å². The molecule has 0 bridgehead atoms. The summed E-state index contributed by atoms with van der Waals surface area (Å²) in [6.07, 6.45) is 2.06. The first-order valence-corrected chi connectivity index (χ1v) is 9.91. The lowest BCUT2D eigenvalue weighted by Crippen LogP contribution is -1.94. The number of fused-ring (bicyclic) bond motifs is 2. The van der Waals surface area contributed by atoms with E-state index in [9.17, 15) is 0 Å². The minimum Gasteiger partial charge on any atom is -0.494 e. The maximum Gasteiger partial charge on any atom is 0.234 e. The van der Waals surface area contributed by atoms with Gasteiger partial charge in [-0.1, -0.05) is 11.8 Å². The van der Waals surface area contributed by atoms with E-state index >= 15 is 0 Å². The lowest BCUT2D eigenvalue weighted by atomic mass is 10.3. The van der Waals surface area contributed by atoms with Gasteiger partial charge in [0.2, 0.25) is 5.78 Å². The molecule has 128 valence electrons. The van der Waals surface area contributed by atoms with Crippen molar-refractivity contribution in [1.82, 2.24) is 19.4 Å². The van der Waals surface area contributed by atoms with Crippen LogP contribution >= 0.6 is 23.1 Å². The summed E-state index contributed by atoms with van der Waals surface area (Å²) in [5.74, 6) is 2.44. The van der Waals surface area contributed by atoms with E-state index in [0.29, 0.717) is 6.61 Å². The Morgan fingerprint density at radius 1 is 1.16 bits per heavy atom. The van der Waals surface area contributed by atoms with Crippen molar-refractivity contribution in [3.05, 3.63) is 47.5 Å². The Labute approximate surface area is 154 Å². The zero-order chi connectivity index (χ0) is 17.4. The van der Waals surface area contributed by atoms with Crippen molar-refractivity contribution in [2.24, 2.45) is 0 Å². The van der Waals surface area contributed by atoms with Crippen molar-refractivity contribution in [2.75, 3.05) is 6.61 Å². The monoisotopic (exact) mass is 370 g/mol. The van der Waals surface area contributed by atoms with Crippen LogP contribution < -0.4 is 4.74 Å². The fourth-order valence-electron chi connectivity index (χ4n) is 2.73. The Bertz CT molecular complexity index is 1050. The van der Waals surface area contributed by atoms with Crippen LogP contribution in [0.3, 0.4) is 0 Å². The molecule has 0 N–H and O–H groups in total. The average molecular weight is 371 g/mol. The lowest BCUT2D eigenvalue weighted by Gasteiger charge is -2.00. The van der Waals surface area contributed by atoms with Gasteiger partial charge in [0.25, 0.3) is 0 Å². The van der Waals surface area contributed by atoms with Crippen molar-refractivity contribution < 1.29 is 4.74 Å². The van der Waals surface area contributed by atoms with Crippen LogP contribution in [0.1, 0.15) is 24.0 Å². The smallest absolute Gasteiger partial charge is 0.234 e. The molecule has 0 saturated heterocycles. The molecule has 0 spiro atoms. The number of hydrogen-bond donors (Lipinski definition) is 0. The lowest BCUT2D eigenvalue weighted by molar-refractivity contribution is 0.341. The van der Waals surface area contributed by atoms with Gasteiger partial charge in [0.15, 0.2) is 4.34 Å². The van der Waals surface area contributed by atoms with Crippen LogP contribution in [0, 0.1) is 13.8 Å². The van der Waals surface area contributed by atoms with E-state index < -0.39 is 0 Å². The van der Waals surface area contributed by atoms with Gasteiger partial charge in [0, 0.05) is 23.3 Å². The zero-order valence-electron chi connectivity index (χ0n) is 14.3. The number of imidazole rings is 1. The largest absolute Gasteiger partial charge is 0.494 e. The van der Waals surface area contributed by atoms with Crippen LogP contribution in [0.2, 0.25) is 0 Å². The van der Waals surface area contributed by atoms with Crippen LogP contribution in [0.5, 0.6) is 5.75 Å². The number of benzene rings is 1. The van der Waals surface area contributed by atoms with E-state index in [0.717, 1.165) is 48.9 Å². The van der Waals surface area contributed by atoms with Gasteiger partial charge in [-0.15, -0.1) is 11.3 Å². The molecule has 5 nitrogen and oxygen atoms in total. The summed E-state index contributed by atoms with van der Waals surface area (Å²) >= 11 is 3.40. The number of aryl methyl sites for hydroxylation is 2. The quantitative estimate of drug-likeness (QED) is 0.479. The summed E-state index contributed by atoms with van der Waals surface area (Å²) < 4.78 is 9.79. The number of nitrogens with zero attached hydrogens (tertiary/aromatic N) is 4. The molecule has 0 unspecified atom stereocenters. The summed E-state index contributed by atoms with van der Waals surface area (Å²) in [5.41, 5.74) is 4.17. The summed E-state index contributed by atoms with van der Waals surface area (Å²) in [6, 6.07) is 8.11. The molecule has 0 amide bonds. The van der Waals surface area contributed by atoms with Gasteiger partial charge in [-0.25, -0.2) is 15.0 Å². The van der Waals surface area contributed by atoms with Gasteiger partial charge in [-0.2, -0.15) is 0 Å². The Hall–Kier alpha value is -2.12. The summed E-state index contributed by atoms with van der Waals surface area (Å²) in [5, 5.41) is 0. The number of ether oxygens (including phenoxy) is 1. The van der Waals surface area contributed by atoms with Crippen molar-refractivity contribution in [1.29, 1.82) is 0 Å². The Balaban J connectivity index is 1.54. The highest BCUT2D eigenvalue weighted by Crippen LogP contribution is 2.33. The first-order valence-electron chi connectivity index (χ1n) is 8.11. The molecule has 3 heterocycles. The fourth-order valence-corrected chi connectivity index (χ4v) is 4.71. The van der Waals surface area contributed by atoms with Gasteiger partial charge < -0.3 is 4.74 Å². The van der Waals surface area contributed by atoms with Gasteiger partial charge in [-0.05, 0) is 45.0 Å². The van der Waals surface area contributed by atoms with E-state index in [4.69, 9.17) is 9.72 Å². The number of hydrogen-bond acceptors (Lipinski definition) is 6. The second-order valence-corrected chi connectivity index (χ2v) is 8.03. The summed E-state index contributed by atoms with van der Waals surface area (Å²) in [7, 11) is 0. The molecule has 1 aromatic carbocycles. The maximum atomic E-state index is 5.56. The summed E-state index contributed by atoms with van der Waals surface area (Å²) in [4.78, 5) is 13.8. The molecule has 4 aromatic rings. The first-order chi connectivity index (χ1) is 12.1. The van der Waals surface area contributed by atoms with Crippen LogP contribution in [0.15, 0.2) is 34.8 Å². The molecule has 3 aromatic heterocycles. The van der Waals surface area contributed by atoms with Gasteiger partial charge in [0.05, 0.1) is 22.5 Å². The number of rotatable bonds is 5. The van der Waals surface area contributed by atoms with Gasteiger partial charge in [0.1, 0.15) is 5.75 Å². The molecule has 0 aliphatic heterocycles. The summed E-state index contributed by atoms with van der Waals surface area (Å²) in [6.45, 7) is 6.73. The predicted octanol–water partition coefficient (Wildman–Crippen LogP) is 4.65. The standard InChI is InChI=1S/C18H18N4OS2/c1-4-23-14-5-6-15-16(8-14)25-18(21-15)24-10-13-9-22-12(3)7-11(2)19-17(22)20-13/h5-9H,4,10H2,1-3H3. The van der Waals surface area contributed by atoms with Crippen molar-refractivity contribution in [3.8, 4) is 5.75 Å². The van der Waals surface area contributed by atoms with E-state index in [2.05, 4.69) is 35.2 Å². The highest BCUT2D eigenvalue weighted by Gasteiger charge is 2.09. The van der Waals surface area contributed by atoms with Crippen molar-refractivity contribution >= 4 is 39.1 Å². The molecule has 0 radical (unpaired) electrons. The SMILES string of the molecule is CCOc1ccc2nc(SCc3cn4c(C)cc(C)nc4n3)sc2c1. The van der Waals surface area contributed by atoms with Crippen LogP contribution in [0.4, 0.5) is 0 Å². The third kappa shape index (κ3) is 3.34. The van der Waals surface area contributed by atoms with E-state index in [1.807, 2.05) is 30.4 Å². The third-order valence-electron chi connectivity index (χ3n) is 3.81. The number of thiazole rings is 1. The Morgan fingerprint density at radius 3 is 2.88 bits per heavy atom. The normalized spacial score (nSPS) is 11.5. The van der Waals surface area contributed by atoms with Crippen molar-refractivity contribution in [2.45, 2.75) is 30.9 Å². The van der Waals surface area contributed by atoms with Crippen LogP contribution in [-0.2, 0) is 5.75 Å². The second kappa shape index (κ2) is 6.65. The Kier molecular flexibility index (Phi) is 4.35. The second-order valence-electron chi connectivity index (χ2n) is 5.77. The highest BCUT2D eigenvalue weighted by atomic mass is 32.2. The average Bonchev–Trinajstić information content (AvgIpc) is 3.16. The van der Waals surface area contributed by atoms with Gasteiger partial charge >= 0.3 is 0 Å². The van der Waals surface area contributed by atoms with Crippen LogP contribution in [0.25, 0.3) is 16.0 Å². The first kappa shape index (κ1) is 16.4. The number of aromatic nitrogens is 4. The molecule has 0 aliphatic carbocycles. The zero-order valence-corrected chi connectivity index (χ0v) is 15.9. The predicted molar refractivity (Wildman–Crippen MR) is 103 cm³/mol. The minimum atomic E-state index is 0.673. The molecule has 7 heteroatoms. The molecule has 0 aliphatic rings. The minimum absolute atomic E-state index is 0.673. The number of thioether (sulfide) groups is 1. The van der Waals surface area contributed by atoms with Gasteiger partial charge in [-0.3, -0.25) is 4.40 Å².